The highest BCUT2D eigenvalue weighted by Crippen LogP contribution is 2.36. The van der Waals surface area contributed by atoms with Crippen molar-refractivity contribution in [3.8, 4) is 11.3 Å². The van der Waals surface area contributed by atoms with Crippen molar-refractivity contribution < 1.29 is 14.3 Å². The van der Waals surface area contributed by atoms with Crippen LogP contribution in [-0.2, 0) is 16.0 Å². The zero-order valence-corrected chi connectivity index (χ0v) is 21.2. The number of carbonyl (C=O) groups excluding carboxylic acids is 2. The van der Waals surface area contributed by atoms with Gasteiger partial charge in [-0.05, 0) is 74.6 Å². The molecule has 0 saturated carbocycles. The molecular weight excluding hydrogens is 490 g/mol. The van der Waals surface area contributed by atoms with E-state index in [0.717, 1.165) is 62.2 Å². The number of piperidine rings is 1. The van der Waals surface area contributed by atoms with Crippen LogP contribution in [0.15, 0.2) is 48.7 Å². The van der Waals surface area contributed by atoms with E-state index in [1.165, 1.54) is 6.42 Å². The lowest BCUT2D eigenvalue weighted by molar-refractivity contribution is -0.115. The molecule has 9 heteroatoms. The van der Waals surface area contributed by atoms with Crippen LogP contribution in [-0.4, -0.2) is 52.0 Å². The molecule has 1 aromatic heterocycles. The maximum Gasteiger partial charge on any atom is 0.253 e. The van der Waals surface area contributed by atoms with Crippen molar-refractivity contribution in [3.05, 3.63) is 64.8 Å². The van der Waals surface area contributed by atoms with Crippen molar-refractivity contribution in [1.29, 1.82) is 0 Å². The van der Waals surface area contributed by atoms with Gasteiger partial charge in [0.2, 0.25) is 11.9 Å². The molecule has 4 heterocycles. The van der Waals surface area contributed by atoms with Crippen molar-refractivity contribution in [2.45, 2.75) is 44.1 Å². The van der Waals surface area contributed by atoms with Gasteiger partial charge in [-0.1, -0.05) is 11.6 Å². The lowest BCUT2D eigenvalue weighted by Gasteiger charge is -2.44. The highest BCUT2D eigenvalue weighted by molar-refractivity contribution is 6.31. The molecule has 2 N–H and O–H groups in total. The third-order valence-corrected chi connectivity index (χ3v) is 7.75. The number of nitrogens with zero attached hydrogens (tertiary/aromatic N) is 3. The molecule has 8 nitrogen and oxygen atoms in total. The summed E-state index contributed by atoms with van der Waals surface area (Å²) >= 11 is 6.13. The lowest BCUT2D eigenvalue weighted by atomic mass is 9.84. The Morgan fingerprint density at radius 3 is 2.65 bits per heavy atom. The second-order valence-corrected chi connectivity index (χ2v) is 10.4. The Kier molecular flexibility index (Phi) is 6.30. The standard InChI is InChI=1S/C28H28ClN5O3/c29-20-5-8-22-23(16-20)32-24(35)15-19-17-30-27(33-25(19)22)31-21-6-3-18(4-7-21)26(36)34-12-10-28(11-13-34)9-1-2-14-37-28/h3-8,16-17H,1-2,9-15H2,(H,32,35)(H,30,31,33). The van der Waals surface area contributed by atoms with E-state index in [1.807, 2.05) is 35.2 Å². The quantitative estimate of drug-likeness (QED) is 0.495. The van der Waals surface area contributed by atoms with Gasteiger partial charge >= 0.3 is 0 Å². The number of anilines is 3. The summed E-state index contributed by atoms with van der Waals surface area (Å²) in [5.41, 5.74) is 4.24. The van der Waals surface area contributed by atoms with Crippen molar-refractivity contribution in [2.75, 3.05) is 30.3 Å². The molecule has 2 aromatic carbocycles. The number of nitrogens with one attached hydrogen (secondary N) is 2. The predicted molar refractivity (Wildman–Crippen MR) is 142 cm³/mol. The molecule has 2 fully saturated rings. The monoisotopic (exact) mass is 517 g/mol. The van der Waals surface area contributed by atoms with Crippen LogP contribution < -0.4 is 10.6 Å². The molecule has 6 rings (SSSR count). The van der Waals surface area contributed by atoms with Crippen LogP contribution in [0.2, 0.25) is 5.02 Å². The zero-order valence-electron chi connectivity index (χ0n) is 20.4. The Balaban J connectivity index is 1.15. The van der Waals surface area contributed by atoms with Crippen LogP contribution in [0.5, 0.6) is 0 Å². The topological polar surface area (TPSA) is 96.5 Å². The van der Waals surface area contributed by atoms with E-state index in [1.54, 1.807) is 18.3 Å². The molecule has 0 radical (unpaired) electrons. The van der Waals surface area contributed by atoms with Crippen molar-refractivity contribution in [1.82, 2.24) is 14.9 Å². The van der Waals surface area contributed by atoms with E-state index < -0.39 is 0 Å². The van der Waals surface area contributed by atoms with Crippen LogP contribution in [0.1, 0.15) is 48.0 Å². The number of fused-ring (bicyclic) bond motifs is 3. The number of hydrogen-bond donors (Lipinski definition) is 2. The van der Waals surface area contributed by atoms with E-state index in [-0.39, 0.29) is 23.8 Å². The van der Waals surface area contributed by atoms with Crippen LogP contribution in [0, 0.1) is 0 Å². The summed E-state index contributed by atoms with van der Waals surface area (Å²) in [4.78, 5) is 36.5. The van der Waals surface area contributed by atoms with Gasteiger partial charge in [0, 0.05) is 53.3 Å². The van der Waals surface area contributed by atoms with E-state index in [0.29, 0.717) is 27.9 Å². The normalized spacial score (nSPS) is 18.4. The van der Waals surface area contributed by atoms with Crippen molar-refractivity contribution >= 4 is 40.7 Å². The Labute approximate surface area is 220 Å². The van der Waals surface area contributed by atoms with E-state index in [9.17, 15) is 9.59 Å². The largest absolute Gasteiger partial charge is 0.375 e. The fraction of sp³-hybridized carbons (Fsp3) is 0.357. The molecule has 2 saturated heterocycles. The first-order valence-electron chi connectivity index (χ1n) is 12.7. The van der Waals surface area contributed by atoms with Crippen molar-refractivity contribution in [2.24, 2.45) is 0 Å². The molecular formula is C28H28ClN5O3. The first-order valence-corrected chi connectivity index (χ1v) is 13.1. The van der Waals surface area contributed by atoms with Crippen molar-refractivity contribution in [3.63, 3.8) is 0 Å². The fourth-order valence-corrected chi connectivity index (χ4v) is 5.62. The number of ether oxygens (including phenoxy) is 1. The van der Waals surface area contributed by atoms with Crippen LogP contribution in [0.4, 0.5) is 17.3 Å². The Morgan fingerprint density at radius 2 is 1.89 bits per heavy atom. The lowest BCUT2D eigenvalue weighted by Crippen LogP contribution is -2.49. The predicted octanol–water partition coefficient (Wildman–Crippen LogP) is 5.21. The molecule has 3 aliphatic rings. The third-order valence-electron chi connectivity index (χ3n) is 7.51. The van der Waals surface area contributed by atoms with Crippen LogP contribution in [0.25, 0.3) is 11.3 Å². The molecule has 1 spiro atoms. The highest BCUT2D eigenvalue weighted by atomic mass is 35.5. The number of benzene rings is 2. The summed E-state index contributed by atoms with van der Waals surface area (Å²) in [6, 6.07) is 12.7. The molecule has 190 valence electrons. The van der Waals surface area contributed by atoms with Gasteiger partial charge in [-0.25, -0.2) is 9.97 Å². The summed E-state index contributed by atoms with van der Waals surface area (Å²) in [6.07, 6.45) is 7.13. The van der Waals surface area contributed by atoms with Gasteiger partial charge < -0.3 is 20.3 Å². The number of hydrogen-bond acceptors (Lipinski definition) is 6. The van der Waals surface area contributed by atoms with Gasteiger partial charge in [0.25, 0.3) is 5.91 Å². The Bertz CT molecular complexity index is 1340. The average Bonchev–Trinajstić information content (AvgIpc) is 3.04. The van der Waals surface area contributed by atoms with Gasteiger partial charge in [-0.2, -0.15) is 0 Å². The third kappa shape index (κ3) is 4.91. The minimum absolute atomic E-state index is 0.0210. The highest BCUT2D eigenvalue weighted by Gasteiger charge is 2.38. The van der Waals surface area contributed by atoms with Crippen LogP contribution >= 0.6 is 11.6 Å². The molecule has 0 unspecified atom stereocenters. The zero-order chi connectivity index (χ0) is 25.4. The maximum atomic E-state index is 13.1. The minimum atomic E-state index is -0.137. The molecule has 37 heavy (non-hydrogen) atoms. The minimum Gasteiger partial charge on any atom is -0.375 e. The summed E-state index contributed by atoms with van der Waals surface area (Å²) in [7, 11) is 0. The van der Waals surface area contributed by atoms with E-state index in [4.69, 9.17) is 21.3 Å². The molecule has 2 amide bonds. The summed E-state index contributed by atoms with van der Waals surface area (Å²) < 4.78 is 6.10. The number of aromatic nitrogens is 2. The first kappa shape index (κ1) is 23.9. The Morgan fingerprint density at radius 1 is 1.08 bits per heavy atom. The molecule has 0 atom stereocenters. The molecule has 3 aliphatic heterocycles. The van der Waals surface area contributed by atoms with Gasteiger partial charge in [0.05, 0.1) is 23.4 Å². The van der Waals surface area contributed by atoms with Gasteiger partial charge in [0.1, 0.15) is 0 Å². The van der Waals surface area contributed by atoms with E-state index >= 15 is 0 Å². The summed E-state index contributed by atoms with van der Waals surface area (Å²) in [5.74, 6) is 0.315. The number of rotatable bonds is 3. The number of halogens is 1. The SMILES string of the molecule is O=C1Cc2cnc(Nc3ccc(C(=O)N4CCC5(CCCCO5)CC4)cc3)nc2-c2ccc(Cl)cc2N1. The van der Waals surface area contributed by atoms with Gasteiger partial charge in [-0.3, -0.25) is 9.59 Å². The number of likely N-dealkylation sites (tertiary alicyclic amines) is 1. The van der Waals surface area contributed by atoms with Gasteiger partial charge in [-0.15, -0.1) is 0 Å². The molecule has 0 bridgehead atoms. The van der Waals surface area contributed by atoms with Gasteiger partial charge in [0.15, 0.2) is 0 Å². The average molecular weight is 518 g/mol. The number of carbonyl (C=O) groups is 2. The van der Waals surface area contributed by atoms with E-state index in [2.05, 4.69) is 15.6 Å². The fourth-order valence-electron chi connectivity index (χ4n) is 5.45. The first-order chi connectivity index (χ1) is 18.0. The molecule has 0 aliphatic carbocycles. The number of amides is 2. The Hall–Kier alpha value is -3.49. The molecule has 3 aromatic rings. The summed E-state index contributed by atoms with van der Waals surface area (Å²) in [5, 5.41) is 6.64. The maximum absolute atomic E-state index is 13.1. The summed E-state index contributed by atoms with van der Waals surface area (Å²) in [6.45, 7) is 2.30. The smallest absolute Gasteiger partial charge is 0.253 e. The second kappa shape index (κ2) is 9.76. The van der Waals surface area contributed by atoms with Crippen LogP contribution in [0.3, 0.4) is 0 Å². The second-order valence-electron chi connectivity index (χ2n) is 9.97.